The van der Waals surface area contributed by atoms with Gasteiger partial charge in [0.2, 0.25) is 11.8 Å². The van der Waals surface area contributed by atoms with Crippen LogP contribution in [0, 0.1) is 5.82 Å². The van der Waals surface area contributed by atoms with E-state index >= 15 is 0 Å². The molecule has 0 saturated carbocycles. The number of nitrogens with zero attached hydrogens (tertiary/aromatic N) is 2. The molecule has 0 bridgehead atoms. The fourth-order valence-corrected chi connectivity index (χ4v) is 2.05. The summed E-state index contributed by atoms with van der Waals surface area (Å²) in [5.74, 6) is -0.959. The molecule has 2 heterocycles. The molecule has 0 aromatic carbocycles. The van der Waals surface area contributed by atoms with Crippen LogP contribution in [-0.4, -0.2) is 42.7 Å². The molecule has 1 amide bonds. The fraction of sp³-hybridized carbons (Fsp3) is 0.312. The number of hydrogen-bond acceptors (Lipinski definition) is 8. The van der Waals surface area contributed by atoms with Gasteiger partial charge in [0.1, 0.15) is 5.82 Å². The summed E-state index contributed by atoms with van der Waals surface area (Å²) in [5, 5.41) is 5.69. The van der Waals surface area contributed by atoms with Crippen LogP contribution in [0.3, 0.4) is 0 Å². The van der Waals surface area contributed by atoms with Gasteiger partial charge in [-0.2, -0.15) is 4.98 Å². The molecular weight excluding hydrogens is 343 g/mol. The minimum Gasteiger partial charge on any atom is -0.481 e. The van der Waals surface area contributed by atoms with Gasteiger partial charge < -0.3 is 31.6 Å². The molecule has 0 aliphatic heterocycles. The largest absolute Gasteiger partial charge is 0.481 e. The molecule has 0 aliphatic rings. The monoisotopic (exact) mass is 364 g/mol. The summed E-state index contributed by atoms with van der Waals surface area (Å²) >= 11 is 0. The lowest BCUT2D eigenvalue weighted by molar-refractivity contribution is 0.100. The smallest absolute Gasteiger partial charge is 0.252 e. The average molecular weight is 364 g/mol. The zero-order valence-corrected chi connectivity index (χ0v) is 14.7. The van der Waals surface area contributed by atoms with Crippen molar-refractivity contribution in [3.63, 3.8) is 0 Å². The first-order valence-electron chi connectivity index (χ1n) is 7.71. The van der Waals surface area contributed by atoms with Crippen LogP contribution in [-0.2, 0) is 0 Å². The predicted molar refractivity (Wildman–Crippen MR) is 95.5 cm³/mol. The van der Waals surface area contributed by atoms with Crippen molar-refractivity contribution in [2.75, 3.05) is 31.4 Å². The van der Waals surface area contributed by atoms with Crippen LogP contribution in [0.15, 0.2) is 18.2 Å². The number of nitrogens with one attached hydrogen (secondary N) is 2. The number of carbonyl (C=O) groups excluding carboxylic acids is 1. The maximum Gasteiger partial charge on any atom is 0.252 e. The van der Waals surface area contributed by atoms with Crippen LogP contribution in [0.4, 0.5) is 21.7 Å². The Kier molecular flexibility index (Phi) is 6.12. The Hall–Kier alpha value is -3.14. The lowest BCUT2D eigenvalue weighted by Crippen LogP contribution is -2.26. The van der Waals surface area contributed by atoms with Crippen LogP contribution in [0.1, 0.15) is 17.3 Å². The minimum absolute atomic E-state index is 0.0530. The minimum atomic E-state index is -0.828. The van der Waals surface area contributed by atoms with E-state index in [-0.39, 0.29) is 35.0 Å². The number of nitrogens with two attached hydrogens (primary N) is 2. The van der Waals surface area contributed by atoms with Gasteiger partial charge in [-0.25, -0.2) is 9.37 Å². The van der Waals surface area contributed by atoms with E-state index in [1.54, 1.807) is 19.1 Å². The van der Waals surface area contributed by atoms with Crippen LogP contribution < -0.4 is 31.6 Å². The maximum absolute atomic E-state index is 14.2. The van der Waals surface area contributed by atoms with Gasteiger partial charge in [-0.05, 0) is 13.0 Å². The second-order valence-electron chi connectivity index (χ2n) is 5.50. The highest BCUT2D eigenvalue weighted by molar-refractivity contribution is 5.98. The van der Waals surface area contributed by atoms with Crippen molar-refractivity contribution in [3.8, 4) is 11.8 Å². The summed E-state index contributed by atoms with van der Waals surface area (Å²) in [7, 11) is 2.90. The summed E-state index contributed by atoms with van der Waals surface area (Å²) in [4.78, 5) is 19.8. The van der Waals surface area contributed by atoms with Gasteiger partial charge in [0.05, 0.1) is 25.5 Å². The second-order valence-corrected chi connectivity index (χ2v) is 5.50. The SMILES string of the molecule is COc1cc(Nc2nc(NCC(C)N)c(F)cc2C(N)=O)cc(OC)n1. The van der Waals surface area contributed by atoms with Gasteiger partial charge >= 0.3 is 0 Å². The molecule has 9 nitrogen and oxygen atoms in total. The van der Waals surface area contributed by atoms with Gasteiger partial charge in [0, 0.05) is 24.7 Å². The highest BCUT2D eigenvalue weighted by Crippen LogP contribution is 2.27. The van der Waals surface area contributed by atoms with Crippen LogP contribution in [0.2, 0.25) is 0 Å². The molecule has 2 rings (SSSR count). The molecule has 2 aromatic heterocycles. The number of pyridine rings is 2. The first-order chi connectivity index (χ1) is 12.3. The molecule has 0 aliphatic carbocycles. The van der Waals surface area contributed by atoms with Crippen molar-refractivity contribution in [3.05, 3.63) is 29.6 Å². The molecule has 1 unspecified atom stereocenters. The molecule has 0 fully saturated rings. The van der Waals surface area contributed by atoms with E-state index in [4.69, 9.17) is 20.9 Å². The number of amides is 1. The normalized spacial score (nSPS) is 11.6. The number of anilines is 3. The van der Waals surface area contributed by atoms with Gasteiger partial charge in [-0.15, -0.1) is 0 Å². The Labute approximate surface area is 149 Å². The van der Waals surface area contributed by atoms with Gasteiger partial charge in [-0.3, -0.25) is 4.79 Å². The quantitative estimate of drug-likeness (QED) is 0.549. The first-order valence-corrected chi connectivity index (χ1v) is 7.71. The average Bonchev–Trinajstić information content (AvgIpc) is 2.60. The molecule has 6 N–H and O–H groups in total. The Morgan fingerprint density at radius 3 is 2.31 bits per heavy atom. The summed E-state index contributed by atoms with van der Waals surface area (Å²) in [5.41, 5.74) is 11.3. The molecule has 0 saturated heterocycles. The maximum atomic E-state index is 14.2. The Morgan fingerprint density at radius 1 is 1.19 bits per heavy atom. The zero-order chi connectivity index (χ0) is 19.3. The van der Waals surface area contributed by atoms with E-state index in [0.717, 1.165) is 6.07 Å². The number of rotatable bonds is 8. The first kappa shape index (κ1) is 19.2. The highest BCUT2D eigenvalue weighted by Gasteiger charge is 2.17. The molecule has 140 valence electrons. The Balaban J connectivity index is 2.43. The van der Waals surface area contributed by atoms with E-state index < -0.39 is 11.7 Å². The van der Waals surface area contributed by atoms with Crippen molar-refractivity contribution < 1.29 is 18.7 Å². The van der Waals surface area contributed by atoms with Crippen LogP contribution >= 0.6 is 0 Å². The van der Waals surface area contributed by atoms with Crippen molar-refractivity contribution in [2.45, 2.75) is 13.0 Å². The van der Waals surface area contributed by atoms with E-state index in [0.29, 0.717) is 12.2 Å². The molecule has 1 atom stereocenters. The second kappa shape index (κ2) is 8.30. The lowest BCUT2D eigenvalue weighted by Gasteiger charge is -2.15. The van der Waals surface area contributed by atoms with Crippen molar-refractivity contribution in [2.24, 2.45) is 11.5 Å². The number of ether oxygens (including phenoxy) is 2. The number of halogens is 1. The van der Waals surface area contributed by atoms with Crippen LogP contribution in [0.5, 0.6) is 11.8 Å². The number of methoxy groups -OCH3 is 2. The van der Waals surface area contributed by atoms with E-state index in [1.807, 2.05) is 0 Å². The molecule has 0 radical (unpaired) electrons. The summed E-state index contributed by atoms with van der Waals surface area (Å²) in [6, 6.07) is 3.93. The molecule has 26 heavy (non-hydrogen) atoms. The Morgan fingerprint density at radius 2 is 1.81 bits per heavy atom. The lowest BCUT2D eigenvalue weighted by atomic mass is 10.2. The third kappa shape index (κ3) is 4.70. The Bertz CT molecular complexity index is 778. The van der Waals surface area contributed by atoms with Gasteiger partial charge in [0.15, 0.2) is 11.6 Å². The van der Waals surface area contributed by atoms with E-state index in [9.17, 15) is 9.18 Å². The third-order valence-corrected chi connectivity index (χ3v) is 3.29. The standard InChI is InChI=1S/C16H21FN6O3/c1-8(18)7-20-16-11(17)6-10(14(19)24)15(23-16)21-9-4-12(25-2)22-13(5-9)26-3/h4-6,8H,7,18H2,1-3H3,(H2,19,24)(H2,20,21,22,23). The van der Waals surface area contributed by atoms with Crippen molar-refractivity contribution in [1.29, 1.82) is 0 Å². The van der Waals surface area contributed by atoms with Gasteiger partial charge in [0.25, 0.3) is 5.91 Å². The predicted octanol–water partition coefficient (Wildman–Crippen LogP) is 1.23. The molecular formula is C16H21FN6O3. The third-order valence-electron chi connectivity index (χ3n) is 3.29. The molecule has 0 spiro atoms. The fourth-order valence-electron chi connectivity index (χ4n) is 2.05. The van der Waals surface area contributed by atoms with Crippen LogP contribution in [0.25, 0.3) is 0 Å². The molecule has 2 aromatic rings. The van der Waals surface area contributed by atoms with E-state index in [1.165, 1.54) is 14.2 Å². The van der Waals surface area contributed by atoms with Crippen molar-refractivity contribution >= 4 is 23.2 Å². The number of carbonyl (C=O) groups is 1. The highest BCUT2D eigenvalue weighted by atomic mass is 19.1. The van der Waals surface area contributed by atoms with Gasteiger partial charge in [-0.1, -0.05) is 0 Å². The summed E-state index contributed by atoms with van der Waals surface area (Å²) in [6.45, 7) is 2.06. The van der Waals surface area contributed by atoms with Crippen molar-refractivity contribution in [1.82, 2.24) is 9.97 Å². The summed E-state index contributed by atoms with van der Waals surface area (Å²) in [6.07, 6.45) is 0. The number of hydrogen-bond donors (Lipinski definition) is 4. The zero-order valence-electron chi connectivity index (χ0n) is 14.7. The number of aromatic nitrogens is 2. The number of primary amides is 1. The van der Waals surface area contributed by atoms with E-state index in [2.05, 4.69) is 20.6 Å². The molecule has 10 heteroatoms. The summed E-state index contributed by atoms with van der Waals surface area (Å²) < 4.78 is 24.3. The topological polar surface area (TPSA) is 137 Å².